The van der Waals surface area contributed by atoms with E-state index in [2.05, 4.69) is 18.2 Å². The Morgan fingerprint density at radius 1 is 1.17 bits per heavy atom. The maximum Gasteiger partial charge on any atom is 0.246 e. The predicted molar refractivity (Wildman–Crippen MR) is 115 cm³/mol. The molecule has 0 aliphatic carbocycles. The Morgan fingerprint density at radius 3 is 2.77 bits per heavy atom. The average molecular weight is 410 g/mol. The lowest BCUT2D eigenvalue weighted by Gasteiger charge is -2.31. The second-order valence-electron chi connectivity index (χ2n) is 7.71. The number of nitrogens with one attached hydrogen (secondary N) is 1. The zero-order chi connectivity index (χ0) is 20.9. The van der Waals surface area contributed by atoms with Crippen LogP contribution in [0.4, 0.5) is 0 Å². The number of benzene rings is 2. The Hall–Kier alpha value is -2.99. The van der Waals surface area contributed by atoms with Crippen LogP contribution in [0.2, 0.25) is 0 Å². The molecule has 2 heterocycles. The zero-order valence-corrected chi connectivity index (χ0v) is 17.6. The summed E-state index contributed by atoms with van der Waals surface area (Å²) in [6, 6.07) is 12.2. The molecule has 2 aromatic rings. The smallest absolute Gasteiger partial charge is 0.246 e. The molecule has 0 radical (unpaired) electrons. The van der Waals surface area contributed by atoms with Crippen LogP contribution in [0.5, 0.6) is 17.2 Å². The molecule has 0 unspecified atom stereocenters. The number of hydrogen-bond acceptors (Lipinski definition) is 4. The summed E-state index contributed by atoms with van der Waals surface area (Å²) in [5, 5.41) is 0. The normalized spacial score (nSPS) is 16.4. The molecular formula is C24H29N2O4+. The number of amides is 1. The van der Waals surface area contributed by atoms with E-state index in [9.17, 15) is 4.79 Å². The number of hydrogen-bond donors (Lipinski definition) is 1. The molecule has 1 N–H and O–H groups in total. The van der Waals surface area contributed by atoms with Crippen molar-refractivity contribution in [2.24, 2.45) is 0 Å². The highest BCUT2D eigenvalue weighted by Gasteiger charge is 2.23. The molecule has 4 rings (SSSR count). The number of para-hydroxylation sites is 1. The van der Waals surface area contributed by atoms with Gasteiger partial charge in [-0.15, -0.1) is 0 Å². The Bertz CT molecular complexity index is 933. The quantitative estimate of drug-likeness (QED) is 0.736. The maximum absolute atomic E-state index is 12.7. The van der Waals surface area contributed by atoms with Crippen molar-refractivity contribution in [1.82, 2.24) is 4.90 Å². The number of methoxy groups -OCH3 is 2. The van der Waals surface area contributed by atoms with Crippen LogP contribution in [0.15, 0.2) is 42.5 Å². The second-order valence-corrected chi connectivity index (χ2v) is 7.71. The third kappa shape index (κ3) is 4.44. The molecule has 0 atom stereocenters. The number of piperazine rings is 1. The lowest BCUT2D eigenvalue weighted by molar-refractivity contribution is -0.917. The van der Waals surface area contributed by atoms with Gasteiger partial charge in [0.1, 0.15) is 12.3 Å². The molecule has 1 amide bonds. The predicted octanol–water partition coefficient (Wildman–Crippen LogP) is 1.58. The first-order chi connectivity index (χ1) is 14.7. The molecule has 0 spiro atoms. The molecule has 1 fully saturated rings. The van der Waals surface area contributed by atoms with Gasteiger partial charge < -0.3 is 24.0 Å². The summed E-state index contributed by atoms with van der Waals surface area (Å²) in [5.74, 6) is 2.36. The van der Waals surface area contributed by atoms with Crippen LogP contribution in [0.3, 0.4) is 0 Å². The van der Waals surface area contributed by atoms with Crippen LogP contribution >= 0.6 is 0 Å². The SMILES string of the molecule is COc1cccc(/C=C/C(=O)N2CC[NH+](Cc3ccc4c(c3)CCO4)CC2)c1OC. The molecule has 30 heavy (non-hydrogen) atoms. The number of carbonyl (C=O) groups excluding carboxylic acids is 1. The highest BCUT2D eigenvalue weighted by molar-refractivity contribution is 5.92. The van der Waals surface area contributed by atoms with Crippen molar-refractivity contribution in [3.63, 3.8) is 0 Å². The van der Waals surface area contributed by atoms with Gasteiger partial charge in [-0.05, 0) is 35.9 Å². The van der Waals surface area contributed by atoms with Crippen LogP contribution < -0.4 is 19.1 Å². The van der Waals surface area contributed by atoms with Gasteiger partial charge >= 0.3 is 0 Å². The number of rotatable bonds is 6. The Labute approximate surface area is 177 Å². The van der Waals surface area contributed by atoms with Crippen molar-refractivity contribution in [2.45, 2.75) is 13.0 Å². The molecular weight excluding hydrogens is 380 g/mol. The highest BCUT2D eigenvalue weighted by Crippen LogP contribution is 2.31. The van der Waals surface area contributed by atoms with E-state index in [4.69, 9.17) is 14.2 Å². The molecule has 0 bridgehead atoms. The molecule has 2 aromatic carbocycles. The average Bonchev–Trinajstić information content (AvgIpc) is 3.25. The zero-order valence-electron chi connectivity index (χ0n) is 17.6. The maximum atomic E-state index is 12.7. The second kappa shape index (κ2) is 9.22. The fourth-order valence-electron chi connectivity index (χ4n) is 4.17. The minimum Gasteiger partial charge on any atom is -0.493 e. The number of carbonyl (C=O) groups is 1. The third-order valence-corrected chi connectivity index (χ3v) is 5.83. The van der Waals surface area contributed by atoms with Crippen LogP contribution in [-0.4, -0.2) is 57.8 Å². The van der Waals surface area contributed by atoms with E-state index >= 15 is 0 Å². The number of quaternary nitrogens is 1. The Kier molecular flexibility index (Phi) is 6.23. The standard InChI is InChI=1S/C24H28N2O4/c1-28-22-5-3-4-19(24(22)29-2)7-9-23(27)26-13-11-25(12-14-26)17-18-6-8-21-20(16-18)10-15-30-21/h3-9,16H,10-15,17H2,1-2H3/p+1/b9-7+. The van der Waals surface area contributed by atoms with Gasteiger partial charge in [-0.1, -0.05) is 12.1 Å². The van der Waals surface area contributed by atoms with Crippen molar-refractivity contribution in [1.29, 1.82) is 0 Å². The molecule has 158 valence electrons. The van der Waals surface area contributed by atoms with Crippen LogP contribution in [0.25, 0.3) is 6.08 Å². The fourth-order valence-corrected chi connectivity index (χ4v) is 4.17. The molecule has 6 nitrogen and oxygen atoms in total. The molecule has 6 heteroatoms. The molecule has 0 aromatic heterocycles. The van der Waals surface area contributed by atoms with Crippen molar-refractivity contribution < 1.29 is 23.9 Å². The number of fused-ring (bicyclic) bond motifs is 1. The first-order valence-electron chi connectivity index (χ1n) is 10.4. The van der Waals surface area contributed by atoms with Crippen LogP contribution in [0.1, 0.15) is 16.7 Å². The van der Waals surface area contributed by atoms with E-state index in [-0.39, 0.29) is 5.91 Å². The molecule has 2 aliphatic rings. The Morgan fingerprint density at radius 2 is 2.00 bits per heavy atom. The molecule has 1 saturated heterocycles. The minimum absolute atomic E-state index is 0.0357. The summed E-state index contributed by atoms with van der Waals surface area (Å²) in [4.78, 5) is 16.1. The van der Waals surface area contributed by atoms with Crippen molar-refractivity contribution in [3.8, 4) is 17.2 Å². The van der Waals surface area contributed by atoms with E-state index < -0.39 is 0 Å². The van der Waals surface area contributed by atoms with Gasteiger partial charge in [-0.25, -0.2) is 0 Å². The third-order valence-electron chi connectivity index (χ3n) is 5.83. The van der Waals surface area contributed by atoms with E-state index in [1.165, 1.54) is 16.0 Å². The van der Waals surface area contributed by atoms with Gasteiger partial charge in [-0.2, -0.15) is 0 Å². The summed E-state index contributed by atoms with van der Waals surface area (Å²) in [6.45, 7) is 5.22. The lowest BCUT2D eigenvalue weighted by atomic mass is 10.1. The fraction of sp³-hybridized carbons (Fsp3) is 0.375. The van der Waals surface area contributed by atoms with Gasteiger partial charge in [0, 0.05) is 23.6 Å². The minimum atomic E-state index is 0.0357. The molecule has 2 aliphatic heterocycles. The van der Waals surface area contributed by atoms with Crippen molar-refractivity contribution in [3.05, 3.63) is 59.2 Å². The number of ether oxygens (including phenoxy) is 3. The summed E-state index contributed by atoms with van der Waals surface area (Å²) in [7, 11) is 3.21. The topological polar surface area (TPSA) is 52.4 Å². The van der Waals surface area contributed by atoms with Gasteiger partial charge in [0.25, 0.3) is 0 Å². The largest absolute Gasteiger partial charge is 0.493 e. The summed E-state index contributed by atoms with van der Waals surface area (Å²) < 4.78 is 16.3. The van der Waals surface area contributed by atoms with Gasteiger partial charge in [0.2, 0.25) is 5.91 Å². The summed E-state index contributed by atoms with van der Waals surface area (Å²) >= 11 is 0. The summed E-state index contributed by atoms with van der Waals surface area (Å²) in [5.41, 5.74) is 3.49. The Balaban J connectivity index is 1.32. The summed E-state index contributed by atoms with van der Waals surface area (Å²) in [6.07, 6.45) is 4.43. The first kappa shape index (κ1) is 20.3. The van der Waals surface area contributed by atoms with Crippen LogP contribution in [-0.2, 0) is 17.8 Å². The van der Waals surface area contributed by atoms with Crippen LogP contribution in [0, 0.1) is 0 Å². The monoisotopic (exact) mass is 409 g/mol. The molecule has 0 saturated carbocycles. The van der Waals surface area contributed by atoms with Gasteiger partial charge in [0.05, 0.1) is 47.0 Å². The van der Waals surface area contributed by atoms with E-state index in [1.54, 1.807) is 26.4 Å². The van der Waals surface area contributed by atoms with Gasteiger partial charge in [0.15, 0.2) is 11.5 Å². The van der Waals surface area contributed by atoms with Crippen molar-refractivity contribution in [2.75, 3.05) is 47.0 Å². The number of nitrogens with zero attached hydrogens (tertiary/aromatic N) is 1. The lowest BCUT2D eigenvalue weighted by Crippen LogP contribution is -3.13. The van der Waals surface area contributed by atoms with E-state index in [1.807, 2.05) is 23.1 Å². The van der Waals surface area contributed by atoms with Gasteiger partial charge in [-0.3, -0.25) is 4.79 Å². The highest BCUT2D eigenvalue weighted by atomic mass is 16.5. The first-order valence-corrected chi connectivity index (χ1v) is 10.4. The van der Waals surface area contributed by atoms with E-state index in [0.717, 1.165) is 57.1 Å². The van der Waals surface area contributed by atoms with Crippen molar-refractivity contribution >= 4 is 12.0 Å². The van der Waals surface area contributed by atoms with E-state index in [0.29, 0.717) is 11.5 Å².